The Morgan fingerprint density at radius 1 is 1.36 bits per heavy atom. The Balaban J connectivity index is 0.00000225. The van der Waals surface area contributed by atoms with Crippen molar-refractivity contribution in [1.82, 2.24) is 20.2 Å². The third kappa shape index (κ3) is 4.93. The molecule has 0 aliphatic rings. The molecule has 3 aromatic rings. The van der Waals surface area contributed by atoms with E-state index in [-0.39, 0.29) is 24.0 Å². The van der Waals surface area contributed by atoms with Gasteiger partial charge in [0.2, 0.25) is 0 Å². The van der Waals surface area contributed by atoms with E-state index in [1.807, 2.05) is 36.0 Å². The first-order valence-electron chi connectivity index (χ1n) is 7.74. The minimum atomic E-state index is -0.575. The lowest BCUT2D eigenvalue weighted by atomic mass is 10.2. The van der Waals surface area contributed by atoms with Gasteiger partial charge in [-0.2, -0.15) is 0 Å². The number of rotatable bonds is 5. The standard InChI is InChI=1S/C17H21N5OS.HI/c1-18-17(21-11-16-19-7-8-22(16)2)20-10-13(23)15-9-12-5-3-4-6-14(12)24-15;/h3-9,13,23H,10-11H2,1-2H3,(H2,18,20,21);1H. The van der Waals surface area contributed by atoms with Crippen LogP contribution >= 0.6 is 35.3 Å². The monoisotopic (exact) mass is 471 g/mol. The van der Waals surface area contributed by atoms with Crippen LogP contribution in [-0.2, 0) is 13.6 Å². The van der Waals surface area contributed by atoms with Crippen LogP contribution in [0.4, 0.5) is 0 Å². The minimum Gasteiger partial charge on any atom is -0.386 e. The van der Waals surface area contributed by atoms with Crippen LogP contribution in [-0.4, -0.2) is 34.2 Å². The first kappa shape index (κ1) is 19.7. The number of fused-ring (bicyclic) bond motifs is 1. The van der Waals surface area contributed by atoms with E-state index in [9.17, 15) is 5.11 Å². The van der Waals surface area contributed by atoms with Crippen molar-refractivity contribution in [2.75, 3.05) is 13.6 Å². The van der Waals surface area contributed by atoms with Gasteiger partial charge in [0, 0.05) is 42.6 Å². The number of aliphatic imine (C=N–C) groups is 1. The second kappa shape index (κ2) is 9.16. The summed E-state index contributed by atoms with van der Waals surface area (Å²) in [6.45, 7) is 0.967. The number of nitrogens with zero attached hydrogens (tertiary/aromatic N) is 3. The molecule has 0 fully saturated rings. The molecule has 1 unspecified atom stereocenters. The molecule has 1 aromatic carbocycles. The molecule has 0 spiro atoms. The predicted molar refractivity (Wildman–Crippen MR) is 114 cm³/mol. The lowest BCUT2D eigenvalue weighted by Crippen LogP contribution is -2.39. The van der Waals surface area contributed by atoms with Gasteiger partial charge in [0.25, 0.3) is 0 Å². The Morgan fingerprint density at radius 3 is 2.84 bits per heavy atom. The largest absolute Gasteiger partial charge is 0.386 e. The molecule has 0 aliphatic carbocycles. The van der Waals surface area contributed by atoms with Gasteiger partial charge in [-0.25, -0.2) is 4.98 Å². The molecule has 0 bridgehead atoms. The van der Waals surface area contributed by atoms with E-state index in [0.29, 0.717) is 19.0 Å². The van der Waals surface area contributed by atoms with Gasteiger partial charge in [0.05, 0.1) is 6.54 Å². The molecule has 2 aromatic heterocycles. The fourth-order valence-electron chi connectivity index (χ4n) is 2.41. The highest BCUT2D eigenvalue weighted by Gasteiger charge is 2.12. The summed E-state index contributed by atoms with van der Waals surface area (Å²) in [4.78, 5) is 9.38. The second-order valence-electron chi connectivity index (χ2n) is 5.46. The average Bonchev–Trinajstić information content (AvgIpc) is 3.20. The summed E-state index contributed by atoms with van der Waals surface area (Å²) in [5.74, 6) is 1.56. The molecule has 6 nitrogen and oxygen atoms in total. The average molecular weight is 471 g/mol. The van der Waals surface area contributed by atoms with Crippen LogP contribution in [0.3, 0.4) is 0 Å². The number of hydrogen-bond acceptors (Lipinski definition) is 4. The molecule has 0 saturated heterocycles. The summed E-state index contributed by atoms with van der Waals surface area (Å²) in [5.41, 5.74) is 0. The Hall–Kier alpha value is -1.65. The summed E-state index contributed by atoms with van der Waals surface area (Å²) < 4.78 is 3.13. The number of aromatic nitrogens is 2. The lowest BCUT2D eigenvalue weighted by Gasteiger charge is -2.14. The summed E-state index contributed by atoms with van der Waals surface area (Å²) in [7, 11) is 3.66. The van der Waals surface area contributed by atoms with E-state index in [1.54, 1.807) is 24.6 Å². The molecule has 8 heteroatoms. The van der Waals surface area contributed by atoms with E-state index in [0.717, 1.165) is 16.1 Å². The topological polar surface area (TPSA) is 74.5 Å². The zero-order valence-corrected chi connectivity index (χ0v) is 17.3. The van der Waals surface area contributed by atoms with Crippen molar-refractivity contribution in [2.24, 2.45) is 12.0 Å². The highest BCUT2D eigenvalue weighted by atomic mass is 127. The maximum absolute atomic E-state index is 10.4. The number of aliphatic hydroxyl groups excluding tert-OH is 1. The van der Waals surface area contributed by atoms with Crippen molar-refractivity contribution in [3.8, 4) is 0 Å². The number of thiophene rings is 1. The Bertz CT molecular complexity index is 811. The zero-order valence-electron chi connectivity index (χ0n) is 14.1. The molecule has 3 N–H and O–H groups in total. The third-order valence-electron chi connectivity index (χ3n) is 3.79. The van der Waals surface area contributed by atoms with Crippen LogP contribution in [0.25, 0.3) is 10.1 Å². The molecule has 25 heavy (non-hydrogen) atoms. The molecule has 0 amide bonds. The van der Waals surface area contributed by atoms with Gasteiger partial charge in [-0.1, -0.05) is 18.2 Å². The normalized spacial score (nSPS) is 12.7. The fraction of sp³-hybridized carbons (Fsp3) is 0.294. The number of halogens is 1. The molecule has 3 rings (SSSR count). The molecular weight excluding hydrogens is 449 g/mol. The van der Waals surface area contributed by atoms with E-state index >= 15 is 0 Å². The van der Waals surface area contributed by atoms with Crippen molar-refractivity contribution in [3.05, 3.63) is 53.4 Å². The van der Waals surface area contributed by atoms with Crippen molar-refractivity contribution in [2.45, 2.75) is 12.6 Å². The van der Waals surface area contributed by atoms with Gasteiger partial charge in [0.15, 0.2) is 5.96 Å². The highest BCUT2D eigenvalue weighted by Crippen LogP contribution is 2.29. The molecular formula is C17H22IN5OS. The van der Waals surface area contributed by atoms with Gasteiger partial charge in [-0.05, 0) is 17.5 Å². The van der Waals surface area contributed by atoms with Crippen molar-refractivity contribution in [1.29, 1.82) is 0 Å². The first-order chi connectivity index (χ1) is 11.7. The third-order valence-corrected chi connectivity index (χ3v) is 5.01. The van der Waals surface area contributed by atoms with Crippen LogP contribution in [0.2, 0.25) is 0 Å². The highest BCUT2D eigenvalue weighted by molar-refractivity contribution is 14.0. The molecule has 0 radical (unpaired) electrons. The first-order valence-corrected chi connectivity index (χ1v) is 8.56. The number of guanidine groups is 1. The van der Waals surface area contributed by atoms with Crippen LogP contribution in [0.15, 0.2) is 47.7 Å². The number of aryl methyl sites for hydroxylation is 1. The number of imidazole rings is 1. The summed E-state index contributed by atoms with van der Waals surface area (Å²) in [6, 6.07) is 10.2. The van der Waals surface area contributed by atoms with Gasteiger partial charge in [-0.3, -0.25) is 4.99 Å². The smallest absolute Gasteiger partial charge is 0.191 e. The minimum absolute atomic E-state index is 0. The summed E-state index contributed by atoms with van der Waals surface area (Å²) in [5, 5.41) is 17.9. The number of hydrogen-bond donors (Lipinski definition) is 3. The zero-order chi connectivity index (χ0) is 16.9. The van der Waals surface area contributed by atoms with Gasteiger partial charge in [-0.15, -0.1) is 35.3 Å². The van der Waals surface area contributed by atoms with Gasteiger partial charge in [0.1, 0.15) is 11.9 Å². The maximum Gasteiger partial charge on any atom is 0.191 e. The summed E-state index contributed by atoms with van der Waals surface area (Å²) in [6.07, 6.45) is 3.09. The van der Waals surface area contributed by atoms with Crippen molar-refractivity contribution < 1.29 is 5.11 Å². The van der Waals surface area contributed by atoms with Crippen LogP contribution in [0, 0.1) is 0 Å². The van der Waals surface area contributed by atoms with E-state index < -0.39 is 6.10 Å². The van der Waals surface area contributed by atoms with Crippen LogP contribution in [0.1, 0.15) is 16.8 Å². The molecule has 0 aliphatic heterocycles. The molecule has 1 atom stereocenters. The molecule has 134 valence electrons. The van der Waals surface area contributed by atoms with Crippen LogP contribution in [0.5, 0.6) is 0 Å². The van der Waals surface area contributed by atoms with E-state index in [1.165, 1.54) is 4.70 Å². The number of aliphatic hydroxyl groups is 1. The quantitative estimate of drug-likeness (QED) is 0.304. The molecule has 0 saturated carbocycles. The number of nitrogens with one attached hydrogen (secondary N) is 2. The lowest BCUT2D eigenvalue weighted by molar-refractivity contribution is 0.184. The fourth-order valence-corrected chi connectivity index (χ4v) is 3.46. The Kier molecular flexibility index (Phi) is 7.21. The maximum atomic E-state index is 10.4. The second-order valence-corrected chi connectivity index (χ2v) is 6.58. The number of benzene rings is 1. The predicted octanol–water partition coefficient (Wildman–Crippen LogP) is 2.65. The Morgan fingerprint density at radius 2 is 2.16 bits per heavy atom. The summed E-state index contributed by atoms with van der Waals surface area (Å²) >= 11 is 1.61. The van der Waals surface area contributed by atoms with E-state index in [2.05, 4.69) is 32.7 Å². The van der Waals surface area contributed by atoms with Crippen LogP contribution < -0.4 is 10.6 Å². The van der Waals surface area contributed by atoms with Crippen molar-refractivity contribution >= 4 is 51.4 Å². The SMILES string of the molecule is CN=C(NCc1nccn1C)NCC(O)c1cc2ccccc2s1.I. The van der Waals surface area contributed by atoms with Gasteiger partial charge >= 0.3 is 0 Å². The Labute approximate surface area is 168 Å². The van der Waals surface area contributed by atoms with Gasteiger partial charge < -0.3 is 20.3 Å². The van der Waals surface area contributed by atoms with Crippen molar-refractivity contribution in [3.63, 3.8) is 0 Å². The van der Waals surface area contributed by atoms with E-state index in [4.69, 9.17) is 0 Å². The molecule has 2 heterocycles.